The van der Waals surface area contributed by atoms with Crippen LogP contribution in [-0.2, 0) is 42.3 Å². The van der Waals surface area contributed by atoms with Crippen LogP contribution in [0.15, 0.2) is 42.9 Å². The zero-order chi connectivity index (χ0) is 37.1. The topological polar surface area (TPSA) is 187 Å². The van der Waals surface area contributed by atoms with Crippen LogP contribution >= 0.6 is 12.4 Å². The molecular formula is C36H60ClN5O7S2. The minimum Gasteiger partial charge on any atom is -0.391 e. The van der Waals surface area contributed by atoms with Gasteiger partial charge in [0.2, 0.25) is 21.8 Å². The number of imidazole rings is 1. The molecule has 0 aliphatic heterocycles. The Morgan fingerprint density at radius 3 is 2.18 bits per heavy atom. The van der Waals surface area contributed by atoms with Gasteiger partial charge in [-0.2, -0.15) is 0 Å². The van der Waals surface area contributed by atoms with Crippen LogP contribution in [0.1, 0.15) is 90.8 Å². The minimum absolute atomic E-state index is 0. The van der Waals surface area contributed by atoms with Gasteiger partial charge in [-0.3, -0.25) is 9.59 Å². The number of amides is 2. The number of H-pyrrole nitrogens is 1. The number of aliphatic hydroxyl groups excluding tert-OH is 1. The summed E-state index contributed by atoms with van der Waals surface area (Å²) in [5, 5.41) is 17.6. The maximum absolute atomic E-state index is 14.2. The maximum Gasteiger partial charge on any atom is 0.243 e. The Hall–Kier alpha value is -2.52. The number of benzene rings is 1. The first-order valence-corrected chi connectivity index (χ1v) is 21.4. The predicted octanol–water partition coefficient (Wildman–Crippen LogP) is 3.96. The molecule has 5 N–H and O–H groups in total. The molecule has 3 rings (SSSR count). The molecule has 1 aliphatic rings. The molecular weight excluding hydrogens is 714 g/mol. The number of nitrogens with one attached hydrogen (secondary N) is 4. The van der Waals surface area contributed by atoms with Gasteiger partial charge in [-0.05, 0) is 63.4 Å². The van der Waals surface area contributed by atoms with E-state index in [4.69, 9.17) is 0 Å². The second-order valence-corrected chi connectivity index (χ2v) is 20.0. The highest BCUT2D eigenvalue weighted by atomic mass is 35.5. The fraction of sp³-hybridized carbons (Fsp3) is 0.694. The molecule has 1 aliphatic carbocycles. The summed E-state index contributed by atoms with van der Waals surface area (Å²) in [6, 6.07) is 7.45. The first-order valence-electron chi connectivity index (χ1n) is 17.8. The van der Waals surface area contributed by atoms with Crippen LogP contribution in [-0.4, -0.2) is 85.2 Å². The van der Waals surface area contributed by atoms with Gasteiger partial charge in [-0.25, -0.2) is 26.5 Å². The summed E-state index contributed by atoms with van der Waals surface area (Å²) >= 11 is 0. The first-order chi connectivity index (χ1) is 23.3. The lowest BCUT2D eigenvalue weighted by Gasteiger charge is -2.34. The SMILES string of the molecule is CC(C)[C@@H](CNS(C)(=O)=O)C[C@H](O)[C@H](CC1CCCCC1)NC(=O)[C@H](Cc1cnc[nH]1)NC(=O)C(Cc1ccccc1)CS(=O)(=O)C(C)(C)C.Cl. The van der Waals surface area contributed by atoms with Gasteiger partial charge in [0.15, 0.2) is 9.84 Å². The van der Waals surface area contributed by atoms with Crippen molar-refractivity contribution in [1.29, 1.82) is 0 Å². The summed E-state index contributed by atoms with van der Waals surface area (Å²) in [5.41, 5.74) is 1.40. The average molecular weight is 774 g/mol. The largest absolute Gasteiger partial charge is 0.391 e. The Morgan fingerprint density at radius 2 is 1.63 bits per heavy atom. The fourth-order valence-corrected chi connectivity index (χ4v) is 8.27. The van der Waals surface area contributed by atoms with Crippen molar-refractivity contribution in [3.8, 4) is 0 Å². The lowest BCUT2D eigenvalue weighted by molar-refractivity contribution is -0.131. The van der Waals surface area contributed by atoms with Gasteiger partial charge in [-0.1, -0.05) is 76.3 Å². The summed E-state index contributed by atoms with van der Waals surface area (Å²) in [5.74, 6) is -2.24. The molecule has 5 atom stereocenters. The summed E-state index contributed by atoms with van der Waals surface area (Å²) in [7, 11) is -7.13. The smallest absolute Gasteiger partial charge is 0.243 e. The molecule has 15 heteroatoms. The molecule has 1 heterocycles. The molecule has 1 saturated carbocycles. The molecule has 0 spiro atoms. The summed E-state index contributed by atoms with van der Waals surface area (Å²) in [4.78, 5) is 35.2. The summed E-state index contributed by atoms with van der Waals surface area (Å²) < 4.78 is 51.9. The molecule has 51 heavy (non-hydrogen) atoms. The van der Waals surface area contributed by atoms with E-state index in [0.29, 0.717) is 18.0 Å². The van der Waals surface area contributed by atoms with Gasteiger partial charge < -0.3 is 20.7 Å². The lowest BCUT2D eigenvalue weighted by atomic mass is 9.81. The molecule has 2 aromatic rings. The van der Waals surface area contributed by atoms with Crippen molar-refractivity contribution >= 4 is 44.1 Å². The Kier molecular flexibility index (Phi) is 17.6. The maximum atomic E-state index is 14.2. The van der Waals surface area contributed by atoms with Crippen molar-refractivity contribution in [2.75, 3.05) is 18.6 Å². The van der Waals surface area contributed by atoms with E-state index < -0.39 is 66.3 Å². The number of nitrogens with zero attached hydrogens (tertiary/aromatic N) is 1. The molecule has 2 amide bonds. The number of halogens is 1. The molecule has 12 nitrogen and oxygen atoms in total. The normalized spacial score (nSPS) is 17.5. The number of hydrogen-bond donors (Lipinski definition) is 5. The number of aliphatic hydroxyl groups is 1. The average Bonchev–Trinajstić information content (AvgIpc) is 3.55. The molecule has 290 valence electrons. The third-order valence-corrected chi connectivity index (χ3v) is 13.3. The lowest BCUT2D eigenvalue weighted by Crippen LogP contribution is -2.55. The van der Waals surface area contributed by atoms with Crippen molar-refractivity contribution in [3.05, 3.63) is 54.1 Å². The molecule has 1 aromatic carbocycles. The molecule has 1 aromatic heterocycles. The van der Waals surface area contributed by atoms with E-state index in [1.54, 1.807) is 27.0 Å². The van der Waals surface area contributed by atoms with Gasteiger partial charge in [0.05, 0.1) is 41.1 Å². The van der Waals surface area contributed by atoms with Crippen molar-refractivity contribution in [2.45, 2.75) is 115 Å². The van der Waals surface area contributed by atoms with Crippen LogP contribution in [0.3, 0.4) is 0 Å². The number of sulfonamides is 1. The summed E-state index contributed by atoms with van der Waals surface area (Å²) in [6.45, 7) is 8.92. The van der Waals surface area contributed by atoms with Crippen LogP contribution in [0.5, 0.6) is 0 Å². The van der Waals surface area contributed by atoms with Gasteiger partial charge in [-0.15, -0.1) is 12.4 Å². The van der Waals surface area contributed by atoms with E-state index in [1.165, 1.54) is 6.33 Å². The van der Waals surface area contributed by atoms with E-state index >= 15 is 0 Å². The molecule has 1 fully saturated rings. The molecule has 1 unspecified atom stereocenters. The van der Waals surface area contributed by atoms with Crippen LogP contribution < -0.4 is 15.4 Å². The highest BCUT2D eigenvalue weighted by Gasteiger charge is 2.37. The van der Waals surface area contributed by atoms with E-state index in [9.17, 15) is 31.5 Å². The molecule has 0 saturated heterocycles. The quantitative estimate of drug-likeness (QED) is 0.142. The Bertz CT molecular complexity index is 1560. The van der Waals surface area contributed by atoms with E-state index in [2.05, 4.69) is 25.3 Å². The van der Waals surface area contributed by atoms with E-state index in [-0.39, 0.29) is 50.1 Å². The van der Waals surface area contributed by atoms with Gasteiger partial charge in [0.1, 0.15) is 6.04 Å². The Labute approximate surface area is 311 Å². The van der Waals surface area contributed by atoms with Crippen molar-refractivity contribution in [2.24, 2.45) is 23.7 Å². The van der Waals surface area contributed by atoms with Crippen molar-refractivity contribution < 1.29 is 31.5 Å². The third kappa shape index (κ3) is 15.2. The van der Waals surface area contributed by atoms with Crippen LogP contribution in [0.2, 0.25) is 0 Å². The first kappa shape index (κ1) is 44.6. The second kappa shape index (κ2) is 20.1. The standard InChI is InChI=1S/C36H59N5O7S2.ClH/c1-25(2)28(21-39-49(6,45)46)19-33(42)31(18-27-15-11-8-12-16-27)40-35(44)32(20-30-22-37-24-38-30)41-34(43)29(17-26-13-9-7-10-14-26)23-50(47,48)36(3,4)5;/h7,9-10,13-14,22,24-25,27-29,31-33,39,42H,8,11-12,15-21,23H2,1-6H3,(H,37,38)(H,40,44)(H,41,43);1H/t28-,29?,31+,32+,33+;/m1./s1. The number of hydrogen-bond acceptors (Lipinski definition) is 8. The number of carbonyl (C=O) groups is 2. The monoisotopic (exact) mass is 773 g/mol. The highest BCUT2D eigenvalue weighted by molar-refractivity contribution is 7.92. The number of aromatic nitrogens is 2. The minimum atomic E-state index is -3.70. The highest BCUT2D eigenvalue weighted by Crippen LogP contribution is 2.30. The van der Waals surface area contributed by atoms with Crippen LogP contribution in [0.4, 0.5) is 0 Å². The fourth-order valence-electron chi connectivity index (χ4n) is 6.46. The van der Waals surface area contributed by atoms with Gasteiger partial charge in [0.25, 0.3) is 0 Å². The number of aromatic amines is 1. The second-order valence-electron chi connectivity index (χ2n) is 15.4. The Balaban J connectivity index is 0.00000901. The number of sulfone groups is 1. The van der Waals surface area contributed by atoms with Crippen LogP contribution in [0.25, 0.3) is 0 Å². The molecule has 0 bridgehead atoms. The zero-order valence-corrected chi connectivity index (χ0v) is 33.4. The van der Waals surface area contributed by atoms with E-state index in [0.717, 1.165) is 43.9 Å². The summed E-state index contributed by atoms with van der Waals surface area (Å²) in [6.07, 6.45) is 9.49. The van der Waals surface area contributed by atoms with Gasteiger partial charge >= 0.3 is 0 Å². The van der Waals surface area contributed by atoms with Gasteiger partial charge in [0, 0.05) is 24.9 Å². The number of rotatable bonds is 19. The third-order valence-electron chi connectivity index (χ3n) is 9.86. The van der Waals surface area contributed by atoms with Crippen molar-refractivity contribution in [1.82, 2.24) is 25.3 Å². The number of carbonyl (C=O) groups excluding carboxylic acids is 2. The zero-order valence-electron chi connectivity index (χ0n) is 30.9. The van der Waals surface area contributed by atoms with Crippen molar-refractivity contribution in [3.63, 3.8) is 0 Å². The predicted molar refractivity (Wildman–Crippen MR) is 204 cm³/mol. The Morgan fingerprint density at radius 1 is 0.980 bits per heavy atom. The van der Waals surface area contributed by atoms with Crippen LogP contribution in [0, 0.1) is 23.7 Å². The van der Waals surface area contributed by atoms with E-state index in [1.807, 2.05) is 44.2 Å². The molecule has 0 radical (unpaired) electrons.